The van der Waals surface area contributed by atoms with E-state index in [1.165, 1.54) is 23.3 Å². The summed E-state index contributed by atoms with van der Waals surface area (Å²) in [5, 5.41) is 0.968. The summed E-state index contributed by atoms with van der Waals surface area (Å²) in [6.07, 6.45) is 1.87. The first kappa shape index (κ1) is 16.6. The Balaban J connectivity index is 2.97. The van der Waals surface area contributed by atoms with Crippen LogP contribution in [0.25, 0.3) is 0 Å². The van der Waals surface area contributed by atoms with E-state index in [9.17, 15) is 9.59 Å². The fourth-order valence-corrected chi connectivity index (χ4v) is 2.92. The van der Waals surface area contributed by atoms with Crippen molar-refractivity contribution >= 4 is 23.2 Å². The quantitative estimate of drug-likeness (QED) is 0.757. The van der Waals surface area contributed by atoms with E-state index in [1.807, 2.05) is 20.8 Å². The third kappa shape index (κ3) is 4.03. The van der Waals surface area contributed by atoms with E-state index in [0.29, 0.717) is 4.88 Å². The second-order valence-electron chi connectivity index (χ2n) is 4.88. The van der Waals surface area contributed by atoms with E-state index in [1.54, 1.807) is 0 Å². The molecule has 0 saturated carbocycles. The first-order valence-corrected chi connectivity index (χ1v) is 7.56. The lowest BCUT2D eigenvalue weighted by molar-refractivity contribution is -0.141. The third-order valence-corrected chi connectivity index (χ3v) is 4.12. The van der Waals surface area contributed by atoms with Crippen molar-refractivity contribution < 1.29 is 14.3 Å². The zero-order valence-electron chi connectivity index (χ0n) is 12.7. The molecule has 0 aliphatic rings. The fraction of sp³-hybridized carbons (Fsp3) is 0.643. The van der Waals surface area contributed by atoms with Crippen molar-refractivity contribution in [2.45, 2.75) is 46.6 Å². The minimum Gasteiger partial charge on any atom is -0.468 e. The van der Waals surface area contributed by atoms with Gasteiger partial charge in [-0.2, -0.15) is 0 Å². The molecule has 1 heterocycles. The topological polar surface area (TPSA) is 59.5 Å². The Kier molecular flexibility index (Phi) is 6.13. The van der Waals surface area contributed by atoms with Gasteiger partial charge in [0, 0.05) is 6.04 Å². The van der Waals surface area contributed by atoms with Gasteiger partial charge in [0.1, 0.15) is 11.4 Å². The van der Waals surface area contributed by atoms with Crippen molar-refractivity contribution in [1.29, 1.82) is 0 Å². The van der Waals surface area contributed by atoms with Gasteiger partial charge in [0.05, 0.1) is 17.8 Å². The van der Waals surface area contributed by atoms with Gasteiger partial charge in [0.25, 0.3) is 5.91 Å². The molecule has 0 aliphatic heterocycles. The highest BCUT2D eigenvalue weighted by atomic mass is 32.1. The summed E-state index contributed by atoms with van der Waals surface area (Å²) in [6, 6.07) is -0.0716. The van der Waals surface area contributed by atoms with Crippen molar-refractivity contribution in [3.05, 3.63) is 15.6 Å². The molecule has 1 aromatic heterocycles. The lowest BCUT2D eigenvalue weighted by atomic mass is 10.2. The first-order valence-electron chi connectivity index (χ1n) is 6.74. The molecule has 0 saturated heterocycles. The normalized spacial score (nSPS) is 10.7. The van der Waals surface area contributed by atoms with Crippen LogP contribution >= 0.6 is 11.3 Å². The second kappa shape index (κ2) is 7.38. The number of aromatic nitrogens is 1. The van der Waals surface area contributed by atoms with Crippen LogP contribution in [0.15, 0.2) is 0 Å². The number of esters is 1. The van der Waals surface area contributed by atoms with Gasteiger partial charge in [-0.15, -0.1) is 11.3 Å². The highest BCUT2D eigenvalue weighted by Crippen LogP contribution is 2.22. The smallest absolute Gasteiger partial charge is 0.325 e. The van der Waals surface area contributed by atoms with Crippen LogP contribution in [0.3, 0.4) is 0 Å². The molecular formula is C14H22N2O3S. The first-order chi connectivity index (χ1) is 9.40. The van der Waals surface area contributed by atoms with Gasteiger partial charge in [0.2, 0.25) is 0 Å². The summed E-state index contributed by atoms with van der Waals surface area (Å²) in [6.45, 7) is 7.64. The van der Waals surface area contributed by atoms with Crippen LogP contribution in [0.5, 0.6) is 0 Å². The summed E-state index contributed by atoms with van der Waals surface area (Å²) in [4.78, 5) is 30.5. The number of nitrogens with zero attached hydrogens (tertiary/aromatic N) is 2. The number of methoxy groups -OCH3 is 1. The zero-order chi connectivity index (χ0) is 15.3. The highest BCUT2D eigenvalue weighted by molar-refractivity contribution is 7.13. The fourth-order valence-electron chi connectivity index (χ4n) is 1.79. The number of amides is 1. The lowest BCUT2D eigenvalue weighted by Gasteiger charge is -2.25. The van der Waals surface area contributed by atoms with E-state index in [0.717, 1.165) is 23.5 Å². The van der Waals surface area contributed by atoms with Crippen molar-refractivity contribution in [3.63, 3.8) is 0 Å². The zero-order valence-corrected chi connectivity index (χ0v) is 13.5. The highest BCUT2D eigenvalue weighted by Gasteiger charge is 2.25. The number of thiazole rings is 1. The number of ether oxygens (including phenoxy) is 1. The molecule has 0 spiro atoms. The van der Waals surface area contributed by atoms with Crippen LogP contribution < -0.4 is 0 Å². The van der Waals surface area contributed by atoms with E-state index < -0.39 is 5.97 Å². The van der Waals surface area contributed by atoms with Gasteiger partial charge in [-0.1, -0.05) is 6.92 Å². The predicted molar refractivity (Wildman–Crippen MR) is 79.0 cm³/mol. The monoisotopic (exact) mass is 298 g/mol. The van der Waals surface area contributed by atoms with Crippen LogP contribution in [0.1, 0.15) is 47.6 Å². The van der Waals surface area contributed by atoms with Crippen LogP contribution in [-0.4, -0.2) is 41.5 Å². The molecule has 1 amide bonds. The van der Waals surface area contributed by atoms with Gasteiger partial charge < -0.3 is 9.64 Å². The summed E-state index contributed by atoms with van der Waals surface area (Å²) in [5.41, 5.74) is 0.735. The Hall–Kier alpha value is -1.43. The van der Waals surface area contributed by atoms with E-state index in [4.69, 9.17) is 0 Å². The average Bonchev–Trinajstić information content (AvgIpc) is 2.76. The Morgan fingerprint density at radius 1 is 1.40 bits per heavy atom. The summed E-state index contributed by atoms with van der Waals surface area (Å²) < 4.78 is 4.65. The molecule has 20 heavy (non-hydrogen) atoms. The van der Waals surface area contributed by atoms with Gasteiger partial charge >= 0.3 is 5.97 Å². The standard InChI is InChI=1S/C14H22N2O3S/c1-6-7-11-15-10(4)13(20-11)14(18)16(9(2)3)8-12(17)19-5/h9H,6-8H2,1-5H3. The molecule has 0 bridgehead atoms. The maximum Gasteiger partial charge on any atom is 0.325 e. The van der Waals surface area contributed by atoms with E-state index >= 15 is 0 Å². The Morgan fingerprint density at radius 3 is 2.55 bits per heavy atom. The average molecular weight is 298 g/mol. The number of hydrogen-bond acceptors (Lipinski definition) is 5. The summed E-state index contributed by atoms with van der Waals surface area (Å²) in [5.74, 6) is -0.564. The maximum absolute atomic E-state index is 12.6. The second-order valence-corrected chi connectivity index (χ2v) is 5.96. The number of carbonyl (C=O) groups excluding carboxylic acids is 2. The van der Waals surface area contributed by atoms with E-state index in [2.05, 4.69) is 16.6 Å². The Labute approximate surface area is 124 Å². The van der Waals surface area contributed by atoms with Gasteiger partial charge in [-0.3, -0.25) is 9.59 Å². The van der Waals surface area contributed by atoms with Crippen molar-refractivity contribution in [2.24, 2.45) is 0 Å². The summed E-state index contributed by atoms with van der Waals surface area (Å²) in [7, 11) is 1.32. The minimum atomic E-state index is -0.414. The number of rotatable bonds is 6. The Bertz CT molecular complexity index is 483. The number of hydrogen-bond donors (Lipinski definition) is 0. The van der Waals surface area contributed by atoms with E-state index in [-0.39, 0.29) is 18.5 Å². The molecule has 6 heteroatoms. The van der Waals surface area contributed by atoms with Gasteiger partial charge in [-0.25, -0.2) is 4.98 Å². The molecule has 5 nitrogen and oxygen atoms in total. The molecular weight excluding hydrogens is 276 g/mol. The minimum absolute atomic E-state index is 0.0343. The van der Waals surface area contributed by atoms with Crippen molar-refractivity contribution in [2.75, 3.05) is 13.7 Å². The van der Waals surface area contributed by atoms with Crippen LogP contribution in [0, 0.1) is 6.92 Å². The van der Waals surface area contributed by atoms with Crippen molar-refractivity contribution in [3.8, 4) is 0 Å². The van der Waals surface area contributed by atoms with Gasteiger partial charge in [0.15, 0.2) is 0 Å². The lowest BCUT2D eigenvalue weighted by Crippen LogP contribution is -2.41. The molecule has 0 N–H and O–H groups in total. The van der Waals surface area contributed by atoms with Crippen molar-refractivity contribution in [1.82, 2.24) is 9.88 Å². The third-order valence-electron chi connectivity index (χ3n) is 2.91. The molecule has 0 radical (unpaired) electrons. The van der Waals surface area contributed by atoms with Gasteiger partial charge in [-0.05, 0) is 33.6 Å². The molecule has 112 valence electrons. The van der Waals surface area contributed by atoms with Crippen LogP contribution in [0.4, 0.5) is 0 Å². The molecule has 1 rings (SSSR count). The maximum atomic E-state index is 12.6. The molecule has 0 aromatic carbocycles. The number of carbonyl (C=O) groups is 2. The van der Waals surface area contributed by atoms with Crippen LogP contribution in [-0.2, 0) is 16.0 Å². The van der Waals surface area contributed by atoms with Crippen LogP contribution in [0.2, 0.25) is 0 Å². The number of aryl methyl sites for hydroxylation is 2. The molecule has 0 aliphatic carbocycles. The SMILES string of the molecule is CCCc1nc(C)c(C(=O)N(CC(=O)OC)C(C)C)s1. The summed E-state index contributed by atoms with van der Waals surface area (Å²) >= 11 is 1.42. The molecule has 0 unspecified atom stereocenters. The Morgan fingerprint density at radius 2 is 2.05 bits per heavy atom. The largest absolute Gasteiger partial charge is 0.468 e. The molecule has 0 atom stereocenters. The molecule has 1 aromatic rings. The molecule has 0 fully saturated rings. The predicted octanol–water partition coefficient (Wildman–Crippen LogP) is 2.43.